The van der Waals surface area contributed by atoms with Gasteiger partial charge in [-0.1, -0.05) is 34.5 Å². The SMILES string of the molecule is Cc1ccc(C(O)C2CC3CCC2C3)cc1Br. The van der Waals surface area contributed by atoms with E-state index in [1.165, 1.54) is 31.2 Å². The zero-order chi connectivity index (χ0) is 12.0. The second kappa shape index (κ2) is 4.40. The molecule has 2 aliphatic rings. The summed E-state index contributed by atoms with van der Waals surface area (Å²) in [6, 6.07) is 6.26. The summed E-state index contributed by atoms with van der Waals surface area (Å²) in [6.07, 6.45) is 5.05. The number of fused-ring (bicyclic) bond motifs is 2. The van der Waals surface area contributed by atoms with Gasteiger partial charge in [0.15, 0.2) is 0 Å². The largest absolute Gasteiger partial charge is 0.388 e. The van der Waals surface area contributed by atoms with Crippen LogP contribution in [-0.4, -0.2) is 5.11 Å². The van der Waals surface area contributed by atoms with Gasteiger partial charge in [-0.3, -0.25) is 0 Å². The topological polar surface area (TPSA) is 20.2 Å². The van der Waals surface area contributed by atoms with Crippen LogP contribution in [0, 0.1) is 24.7 Å². The smallest absolute Gasteiger partial charge is 0.0821 e. The molecule has 3 rings (SSSR count). The number of hydrogen-bond donors (Lipinski definition) is 1. The van der Waals surface area contributed by atoms with Crippen molar-refractivity contribution >= 4 is 15.9 Å². The van der Waals surface area contributed by atoms with Crippen molar-refractivity contribution in [2.24, 2.45) is 17.8 Å². The highest BCUT2D eigenvalue weighted by atomic mass is 79.9. The van der Waals surface area contributed by atoms with Crippen molar-refractivity contribution in [1.82, 2.24) is 0 Å². The van der Waals surface area contributed by atoms with Crippen molar-refractivity contribution in [2.45, 2.75) is 38.7 Å². The average molecular weight is 295 g/mol. The van der Waals surface area contributed by atoms with E-state index in [4.69, 9.17) is 0 Å². The summed E-state index contributed by atoms with van der Waals surface area (Å²) >= 11 is 3.55. The predicted octanol–water partition coefficient (Wildman–Crippen LogP) is 4.23. The van der Waals surface area contributed by atoms with E-state index in [0.717, 1.165) is 21.9 Å². The van der Waals surface area contributed by atoms with Gasteiger partial charge in [0.2, 0.25) is 0 Å². The third-order valence-electron chi connectivity index (χ3n) is 4.74. The Morgan fingerprint density at radius 2 is 2.12 bits per heavy atom. The summed E-state index contributed by atoms with van der Waals surface area (Å²) in [6.45, 7) is 2.08. The van der Waals surface area contributed by atoms with Gasteiger partial charge in [-0.05, 0) is 61.1 Å². The Labute approximate surface area is 111 Å². The van der Waals surface area contributed by atoms with Gasteiger partial charge in [-0.15, -0.1) is 0 Å². The molecule has 0 amide bonds. The molecule has 17 heavy (non-hydrogen) atoms. The fraction of sp³-hybridized carbons (Fsp3) is 0.600. The molecule has 0 saturated heterocycles. The van der Waals surface area contributed by atoms with E-state index >= 15 is 0 Å². The van der Waals surface area contributed by atoms with Crippen LogP contribution in [0.25, 0.3) is 0 Å². The van der Waals surface area contributed by atoms with Gasteiger partial charge in [0.05, 0.1) is 6.10 Å². The lowest BCUT2D eigenvalue weighted by molar-refractivity contribution is 0.0744. The minimum Gasteiger partial charge on any atom is -0.388 e. The van der Waals surface area contributed by atoms with Crippen molar-refractivity contribution in [3.8, 4) is 0 Å². The molecular weight excluding hydrogens is 276 g/mol. The van der Waals surface area contributed by atoms with Crippen LogP contribution in [0.2, 0.25) is 0 Å². The second-order valence-electron chi connectivity index (χ2n) is 5.79. The quantitative estimate of drug-likeness (QED) is 0.865. The zero-order valence-electron chi connectivity index (χ0n) is 10.2. The average Bonchev–Trinajstić information content (AvgIpc) is 2.93. The Bertz CT molecular complexity index is 429. The van der Waals surface area contributed by atoms with Gasteiger partial charge < -0.3 is 5.11 Å². The van der Waals surface area contributed by atoms with Gasteiger partial charge in [0.25, 0.3) is 0 Å². The van der Waals surface area contributed by atoms with Gasteiger partial charge in [-0.25, -0.2) is 0 Å². The van der Waals surface area contributed by atoms with Crippen LogP contribution >= 0.6 is 15.9 Å². The highest BCUT2D eigenvalue weighted by Gasteiger charge is 2.42. The van der Waals surface area contributed by atoms with Crippen molar-refractivity contribution in [1.29, 1.82) is 0 Å². The van der Waals surface area contributed by atoms with E-state index in [-0.39, 0.29) is 6.10 Å². The first-order valence-corrected chi connectivity index (χ1v) is 7.38. The molecule has 2 saturated carbocycles. The van der Waals surface area contributed by atoms with Crippen LogP contribution < -0.4 is 0 Å². The number of benzene rings is 1. The standard InChI is InChI=1S/C15H19BrO/c1-9-2-4-12(8-14(9)16)15(17)13-7-10-3-5-11(13)6-10/h2,4,8,10-11,13,15,17H,3,5-7H2,1H3. The Kier molecular flexibility index (Phi) is 3.04. The van der Waals surface area contributed by atoms with Crippen molar-refractivity contribution < 1.29 is 5.11 Å². The molecule has 1 aromatic carbocycles. The van der Waals surface area contributed by atoms with Crippen molar-refractivity contribution in [3.05, 3.63) is 33.8 Å². The number of hydrogen-bond acceptors (Lipinski definition) is 1. The first-order chi connectivity index (χ1) is 8.15. The van der Waals surface area contributed by atoms with Crippen molar-refractivity contribution in [3.63, 3.8) is 0 Å². The van der Waals surface area contributed by atoms with Gasteiger partial charge in [-0.2, -0.15) is 0 Å². The Morgan fingerprint density at radius 3 is 2.71 bits per heavy atom. The molecule has 1 aromatic rings. The van der Waals surface area contributed by atoms with Gasteiger partial charge >= 0.3 is 0 Å². The molecule has 2 bridgehead atoms. The van der Waals surface area contributed by atoms with E-state index in [9.17, 15) is 5.11 Å². The van der Waals surface area contributed by atoms with Gasteiger partial charge in [0, 0.05) is 4.47 Å². The summed E-state index contributed by atoms with van der Waals surface area (Å²) in [5, 5.41) is 10.5. The molecule has 0 aliphatic heterocycles. The maximum Gasteiger partial charge on any atom is 0.0821 e. The maximum atomic E-state index is 10.5. The van der Waals surface area contributed by atoms with Crippen LogP contribution in [0.1, 0.15) is 42.9 Å². The van der Waals surface area contributed by atoms with Gasteiger partial charge in [0.1, 0.15) is 0 Å². The van der Waals surface area contributed by atoms with Crippen LogP contribution in [0.5, 0.6) is 0 Å². The minimum atomic E-state index is -0.262. The van der Waals surface area contributed by atoms with Crippen LogP contribution in [0.3, 0.4) is 0 Å². The third kappa shape index (κ3) is 2.06. The summed E-state index contributed by atoms with van der Waals surface area (Å²) in [4.78, 5) is 0. The highest BCUT2D eigenvalue weighted by molar-refractivity contribution is 9.10. The Hall–Kier alpha value is -0.340. The summed E-state index contributed by atoms with van der Waals surface area (Å²) < 4.78 is 1.11. The molecule has 0 aromatic heterocycles. The number of aliphatic hydroxyl groups is 1. The number of aliphatic hydroxyl groups excluding tert-OH is 1. The normalized spacial score (nSPS) is 33.0. The van der Waals surface area contributed by atoms with E-state index < -0.39 is 0 Å². The lowest BCUT2D eigenvalue weighted by Gasteiger charge is -2.27. The molecule has 2 fully saturated rings. The number of halogens is 1. The molecule has 1 N–H and O–H groups in total. The lowest BCUT2D eigenvalue weighted by atomic mass is 9.82. The molecule has 1 nitrogen and oxygen atoms in total. The molecule has 0 spiro atoms. The lowest BCUT2D eigenvalue weighted by Crippen LogP contribution is -2.19. The van der Waals surface area contributed by atoms with E-state index in [2.05, 4.69) is 41.1 Å². The Morgan fingerprint density at radius 1 is 1.29 bits per heavy atom. The monoisotopic (exact) mass is 294 g/mol. The predicted molar refractivity (Wildman–Crippen MR) is 72.8 cm³/mol. The molecule has 0 radical (unpaired) electrons. The van der Waals surface area contributed by atoms with Crippen molar-refractivity contribution in [2.75, 3.05) is 0 Å². The van der Waals surface area contributed by atoms with Crippen LogP contribution in [0.4, 0.5) is 0 Å². The molecule has 2 aliphatic carbocycles. The first-order valence-electron chi connectivity index (χ1n) is 6.59. The first kappa shape index (κ1) is 11.7. The minimum absolute atomic E-state index is 0.262. The van der Waals surface area contributed by atoms with Crippen LogP contribution in [0.15, 0.2) is 22.7 Å². The van der Waals surface area contributed by atoms with E-state index in [1.807, 2.05) is 0 Å². The molecule has 4 unspecified atom stereocenters. The summed E-state index contributed by atoms with van der Waals surface area (Å²) in [7, 11) is 0. The Balaban J connectivity index is 1.81. The zero-order valence-corrected chi connectivity index (χ0v) is 11.8. The summed E-state index contributed by atoms with van der Waals surface area (Å²) in [5.41, 5.74) is 2.31. The fourth-order valence-corrected chi connectivity index (χ4v) is 4.12. The maximum absolute atomic E-state index is 10.5. The fourth-order valence-electron chi connectivity index (χ4n) is 3.72. The number of aryl methyl sites for hydroxylation is 1. The highest BCUT2D eigenvalue weighted by Crippen LogP contribution is 2.52. The number of rotatable bonds is 2. The van der Waals surface area contributed by atoms with Crippen LogP contribution in [-0.2, 0) is 0 Å². The molecule has 0 heterocycles. The molecule has 2 heteroatoms. The van der Waals surface area contributed by atoms with E-state index in [1.54, 1.807) is 0 Å². The third-order valence-corrected chi connectivity index (χ3v) is 5.59. The molecular formula is C15H19BrO. The second-order valence-corrected chi connectivity index (χ2v) is 6.65. The van der Waals surface area contributed by atoms with E-state index in [0.29, 0.717) is 5.92 Å². The molecule has 4 atom stereocenters. The molecule has 92 valence electrons. The summed E-state index contributed by atoms with van der Waals surface area (Å²) in [5.74, 6) is 2.17.